The molecule has 1 N–H and O–H groups in total. The van der Waals surface area contributed by atoms with Crippen molar-refractivity contribution >= 4 is 26.7 Å². The number of carbonyl (C=O) groups excluding carboxylic acids is 1. The van der Waals surface area contributed by atoms with Gasteiger partial charge in [-0.1, -0.05) is 48.5 Å². The molecule has 3 aromatic carbocycles. The standard InChI is InChI=1S/C24H26N2O3S/c1-17(20-11-10-19-8-5-9-21(19)14-20)25-24(27)16-26(2)30(28,29)23-13-12-18-6-3-4-7-22(18)15-23/h3-4,6-7,10-15,17H,5,8-9,16H2,1-2H3,(H,25,27)/t17-/m0/s1. The Morgan fingerprint density at radius 1 is 1.00 bits per heavy atom. The first kappa shape index (κ1) is 20.6. The summed E-state index contributed by atoms with van der Waals surface area (Å²) in [5.41, 5.74) is 3.78. The maximum absolute atomic E-state index is 12.9. The Balaban J connectivity index is 1.44. The third-order valence-electron chi connectivity index (χ3n) is 5.80. The zero-order valence-corrected chi connectivity index (χ0v) is 18.1. The van der Waals surface area contributed by atoms with Gasteiger partial charge in [0.2, 0.25) is 15.9 Å². The summed E-state index contributed by atoms with van der Waals surface area (Å²) < 4.78 is 27.0. The van der Waals surface area contributed by atoms with Gasteiger partial charge in [0, 0.05) is 7.05 Å². The lowest BCUT2D eigenvalue weighted by Crippen LogP contribution is -2.39. The molecule has 0 spiro atoms. The van der Waals surface area contributed by atoms with Crippen LogP contribution in [0.4, 0.5) is 0 Å². The fraction of sp³-hybridized carbons (Fsp3) is 0.292. The lowest BCUT2D eigenvalue weighted by atomic mass is 10.0. The number of likely N-dealkylation sites (N-methyl/N-ethyl adjacent to an activating group) is 1. The third-order valence-corrected chi connectivity index (χ3v) is 7.59. The number of amides is 1. The van der Waals surface area contributed by atoms with Crippen molar-refractivity contribution in [1.82, 2.24) is 9.62 Å². The van der Waals surface area contributed by atoms with E-state index in [0.29, 0.717) is 0 Å². The SMILES string of the molecule is C[C@H](NC(=O)CN(C)S(=O)(=O)c1ccc2ccccc2c1)c1ccc2c(c1)CCC2. The fourth-order valence-corrected chi connectivity index (χ4v) is 5.19. The largest absolute Gasteiger partial charge is 0.348 e. The van der Waals surface area contributed by atoms with Crippen LogP contribution in [0.15, 0.2) is 65.6 Å². The van der Waals surface area contributed by atoms with Gasteiger partial charge in [-0.25, -0.2) is 8.42 Å². The average Bonchev–Trinajstić information content (AvgIpc) is 3.21. The number of hydrogen-bond acceptors (Lipinski definition) is 3. The van der Waals surface area contributed by atoms with Gasteiger partial charge in [0.15, 0.2) is 0 Å². The highest BCUT2D eigenvalue weighted by Gasteiger charge is 2.24. The minimum absolute atomic E-state index is 0.180. The first-order valence-electron chi connectivity index (χ1n) is 10.2. The summed E-state index contributed by atoms with van der Waals surface area (Å²) in [7, 11) is -2.33. The summed E-state index contributed by atoms with van der Waals surface area (Å²) in [6.45, 7) is 1.69. The number of carbonyl (C=O) groups is 1. The van der Waals surface area contributed by atoms with Crippen LogP contribution in [-0.4, -0.2) is 32.2 Å². The monoisotopic (exact) mass is 422 g/mol. The second-order valence-corrected chi connectivity index (χ2v) is 9.99. The van der Waals surface area contributed by atoms with E-state index in [1.807, 2.05) is 37.3 Å². The summed E-state index contributed by atoms with van der Waals surface area (Å²) in [4.78, 5) is 12.7. The molecule has 1 atom stereocenters. The molecule has 0 unspecified atom stereocenters. The van der Waals surface area contributed by atoms with E-state index in [4.69, 9.17) is 0 Å². The molecule has 0 aliphatic heterocycles. The van der Waals surface area contributed by atoms with E-state index < -0.39 is 10.0 Å². The Hall–Kier alpha value is -2.70. The predicted octanol–water partition coefficient (Wildman–Crippen LogP) is 3.83. The van der Waals surface area contributed by atoms with Crippen molar-refractivity contribution in [2.24, 2.45) is 0 Å². The number of nitrogens with one attached hydrogen (secondary N) is 1. The summed E-state index contributed by atoms with van der Waals surface area (Å²) in [6.07, 6.45) is 3.38. The zero-order valence-electron chi connectivity index (χ0n) is 17.3. The molecule has 30 heavy (non-hydrogen) atoms. The Morgan fingerprint density at radius 2 is 1.73 bits per heavy atom. The van der Waals surface area contributed by atoms with Gasteiger partial charge >= 0.3 is 0 Å². The van der Waals surface area contributed by atoms with E-state index >= 15 is 0 Å². The highest BCUT2D eigenvalue weighted by Crippen LogP contribution is 2.25. The number of nitrogens with zero attached hydrogens (tertiary/aromatic N) is 1. The molecule has 0 bridgehead atoms. The average molecular weight is 423 g/mol. The molecule has 1 amide bonds. The van der Waals surface area contributed by atoms with Crippen LogP contribution >= 0.6 is 0 Å². The molecule has 0 heterocycles. The van der Waals surface area contributed by atoms with Crippen molar-refractivity contribution in [3.05, 3.63) is 77.4 Å². The van der Waals surface area contributed by atoms with E-state index in [1.165, 1.54) is 24.6 Å². The molecule has 0 aromatic heterocycles. The summed E-state index contributed by atoms with van der Waals surface area (Å²) in [6, 6.07) is 18.8. The fourth-order valence-electron chi connectivity index (χ4n) is 4.03. The van der Waals surface area contributed by atoms with Gasteiger partial charge in [-0.15, -0.1) is 0 Å². The molecule has 6 heteroatoms. The second kappa shape index (κ2) is 8.20. The molecular weight excluding hydrogens is 396 g/mol. The Kier molecular flexibility index (Phi) is 5.62. The Labute approximate surface area is 177 Å². The van der Waals surface area contributed by atoms with E-state index in [-0.39, 0.29) is 23.4 Å². The first-order chi connectivity index (χ1) is 14.3. The third kappa shape index (κ3) is 4.11. The lowest BCUT2D eigenvalue weighted by molar-refractivity contribution is -0.121. The van der Waals surface area contributed by atoms with E-state index in [0.717, 1.165) is 33.5 Å². The maximum Gasteiger partial charge on any atom is 0.243 e. The van der Waals surface area contributed by atoms with Crippen LogP contribution in [0.1, 0.15) is 36.1 Å². The number of sulfonamides is 1. The number of fused-ring (bicyclic) bond motifs is 2. The minimum Gasteiger partial charge on any atom is -0.348 e. The van der Waals surface area contributed by atoms with Gasteiger partial charge in [-0.2, -0.15) is 4.31 Å². The normalized spacial score (nSPS) is 14.6. The number of benzene rings is 3. The van der Waals surface area contributed by atoms with Crippen LogP contribution in [-0.2, 0) is 27.7 Å². The summed E-state index contributed by atoms with van der Waals surface area (Å²) in [5, 5.41) is 4.75. The number of rotatable bonds is 6. The van der Waals surface area contributed by atoms with Gasteiger partial charge in [0.05, 0.1) is 17.5 Å². The predicted molar refractivity (Wildman–Crippen MR) is 119 cm³/mol. The highest BCUT2D eigenvalue weighted by molar-refractivity contribution is 7.89. The van der Waals surface area contributed by atoms with E-state index in [1.54, 1.807) is 18.2 Å². The van der Waals surface area contributed by atoms with Crippen LogP contribution in [0.2, 0.25) is 0 Å². The van der Waals surface area contributed by atoms with Crippen LogP contribution in [0, 0.1) is 0 Å². The molecular formula is C24H26N2O3S. The second-order valence-electron chi connectivity index (χ2n) is 7.94. The van der Waals surface area contributed by atoms with Gasteiger partial charge in [0.1, 0.15) is 0 Å². The van der Waals surface area contributed by atoms with Gasteiger partial charge in [-0.3, -0.25) is 4.79 Å². The smallest absolute Gasteiger partial charge is 0.243 e. The van der Waals surface area contributed by atoms with Crippen molar-refractivity contribution in [3.8, 4) is 0 Å². The molecule has 1 aliphatic carbocycles. The molecule has 5 nitrogen and oxygen atoms in total. The molecule has 1 aliphatic rings. The summed E-state index contributed by atoms with van der Waals surface area (Å²) in [5.74, 6) is -0.324. The highest BCUT2D eigenvalue weighted by atomic mass is 32.2. The van der Waals surface area contributed by atoms with Crippen LogP contribution < -0.4 is 5.32 Å². The van der Waals surface area contributed by atoms with Crippen LogP contribution in [0.5, 0.6) is 0 Å². The van der Waals surface area contributed by atoms with E-state index in [2.05, 4.69) is 17.4 Å². The van der Waals surface area contributed by atoms with Crippen LogP contribution in [0.25, 0.3) is 10.8 Å². The van der Waals surface area contributed by atoms with Crippen LogP contribution in [0.3, 0.4) is 0 Å². The molecule has 0 fully saturated rings. The Bertz CT molecular complexity index is 1200. The summed E-state index contributed by atoms with van der Waals surface area (Å²) >= 11 is 0. The van der Waals surface area contributed by atoms with Crippen molar-refractivity contribution < 1.29 is 13.2 Å². The molecule has 156 valence electrons. The molecule has 0 radical (unpaired) electrons. The van der Waals surface area contributed by atoms with Gasteiger partial charge in [0.25, 0.3) is 0 Å². The molecule has 0 saturated carbocycles. The van der Waals surface area contributed by atoms with Crippen molar-refractivity contribution in [2.75, 3.05) is 13.6 Å². The first-order valence-corrected chi connectivity index (χ1v) is 11.6. The number of aryl methyl sites for hydroxylation is 2. The molecule has 4 rings (SSSR count). The topological polar surface area (TPSA) is 66.5 Å². The quantitative estimate of drug-likeness (QED) is 0.657. The van der Waals surface area contributed by atoms with Crippen molar-refractivity contribution in [1.29, 1.82) is 0 Å². The Morgan fingerprint density at radius 3 is 2.53 bits per heavy atom. The minimum atomic E-state index is -3.76. The molecule has 0 saturated heterocycles. The van der Waals surface area contributed by atoms with E-state index in [9.17, 15) is 13.2 Å². The maximum atomic E-state index is 12.9. The van der Waals surface area contributed by atoms with Gasteiger partial charge in [-0.05, 0) is 65.8 Å². The molecule has 3 aromatic rings. The zero-order chi connectivity index (χ0) is 21.3. The van der Waals surface area contributed by atoms with Crippen molar-refractivity contribution in [3.63, 3.8) is 0 Å². The van der Waals surface area contributed by atoms with Gasteiger partial charge < -0.3 is 5.32 Å². The van der Waals surface area contributed by atoms with Crippen molar-refractivity contribution in [2.45, 2.75) is 37.1 Å². The number of hydrogen-bond donors (Lipinski definition) is 1. The lowest BCUT2D eigenvalue weighted by Gasteiger charge is -2.20.